The zero-order valence-corrected chi connectivity index (χ0v) is 18.7. The number of aromatic nitrogens is 2. The minimum atomic E-state index is 0.628. The number of rotatable bonds is 3. The molecule has 0 radical (unpaired) electrons. The Morgan fingerprint density at radius 2 is 1.44 bits per heavy atom. The molecule has 0 unspecified atom stereocenters. The molecule has 3 nitrogen and oxygen atoms in total. The number of hydrogen-bond acceptors (Lipinski definition) is 2. The van der Waals surface area contributed by atoms with Gasteiger partial charge < -0.3 is 4.57 Å². The Labute approximate surface area is 198 Å². The number of aryl methyl sites for hydroxylation is 1. The third-order valence-corrected chi connectivity index (χ3v) is 6.45. The fourth-order valence-corrected chi connectivity index (χ4v) is 4.90. The average molecular weight is 436 g/mol. The molecular formula is C31H21N3. The summed E-state index contributed by atoms with van der Waals surface area (Å²) in [5, 5.41) is 12.2. The summed E-state index contributed by atoms with van der Waals surface area (Å²) in [7, 11) is 0. The minimum absolute atomic E-state index is 0.628. The number of nitriles is 1. The maximum absolute atomic E-state index is 9.85. The van der Waals surface area contributed by atoms with Crippen molar-refractivity contribution in [1.29, 1.82) is 5.26 Å². The second kappa shape index (κ2) is 8.03. The van der Waals surface area contributed by atoms with Gasteiger partial charge in [0.2, 0.25) is 0 Å². The van der Waals surface area contributed by atoms with Crippen LogP contribution in [0.2, 0.25) is 0 Å². The molecule has 4 aromatic carbocycles. The first-order valence-corrected chi connectivity index (χ1v) is 11.3. The van der Waals surface area contributed by atoms with Crippen molar-refractivity contribution < 1.29 is 0 Å². The third-order valence-electron chi connectivity index (χ3n) is 6.45. The van der Waals surface area contributed by atoms with Crippen molar-refractivity contribution in [3.63, 3.8) is 0 Å². The lowest BCUT2D eigenvalue weighted by molar-refractivity contribution is 1.18. The molecule has 3 heteroatoms. The first-order valence-electron chi connectivity index (χ1n) is 11.3. The van der Waals surface area contributed by atoms with Crippen LogP contribution in [-0.2, 0) is 0 Å². The Morgan fingerprint density at radius 3 is 2.26 bits per heavy atom. The van der Waals surface area contributed by atoms with Gasteiger partial charge in [0.05, 0.1) is 22.7 Å². The highest BCUT2D eigenvalue weighted by molar-refractivity contribution is 6.14. The highest BCUT2D eigenvalue weighted by Gasteiger charge is 2.18. The summed E-state index contributed by atoms with van der Waals surface area (Å²) < 4.78 is 2.30. The van der Waals surface area contributed by atoms with Crippen LogP contribution in [-0.4, -0.2) is 9.55 Å². The molecule has 34 heavy (non-hydrogen) atoms. The molecule has 0 saturated carbocycles. The van der Waals surface area contributed by atoms with E-state index >= 15 is 0 Å². The van der Waals surface area contributed by atoms with Gasteiger partial charge in [0.1, 0.15) is 0 Å². The van der Waals surface area contributed by atoms with Gasteiger partial charge in [-0.1, -0.05) is 60.7 Å². The van der Waals surface area contributed by atoms with E-state index < -0.39 is 0 Å². The number of nitrogens with zero attached hydrogens (tertiary/aromatic N) is 3. The lowest BCUT2D eigenvalue weighted by atomic mass is 9.98. The van der Waals surface area contributed by atoms with Crippen LogP contribution in [0.1, 0.15) is 11.1 Å². The number of para-hydroxylation sites is 2. The third kappa shape index (κ3) is 3.17. The topological polar surface area (TPSA) is 41.6 Å². The van der Waals surface area contributed by atoms with Crippen LogP contribution in [0, 0.1) is 18.3 Å². The lowest BCUT2D eigenvalue weighted by Crippen LogP contribution is -1.98. The molecule has 0 amide bonds. The summed E-state index contributed by atoms with van der Waals surface area (Å²) >= 11 is 0. The standard InChI is InChI=1S/C31H21N3/c1-21-7-2-3-8-26(21)28-10-6-11-29-27-9-4-5-12-30(27)34(31(28)29)25-18-22(20-32)17-24(19-25)23-13-15-33-16-14-23/h2-19H,1H3. The van der Waals surface area contributed by atoms with Gasteiger partial charge in [-0.15, -0.1) is 0 Å². The van der Waals surface area contributed by atoms with Crippen LogP contribution in [0.5, 0.6) is 0 Å². The Morgan fingerprint density at radius 1 is 0.706 bits per heavy atom. The molecule has 160 valence electrons. The highest BCUT2D eigenvalue weighted by atomic mass is 15.0. The first-order chi connectivity index (χ1) is 16.7. The van der Waals surface area contributed by atoms with Gasteiger partial charge in [0, 0.05) is 34.4 Å². The van der Waals surface area contributed by atoms with Gasteiger partial charge in [0.25, 0.3) is 0 Å². The number of fused-ring (bicyclic) bond motifs is 3. The molecule has 6 rings (SSSR count). The monoisotopic (exact) mass is 435 g/mol. The molecule has 0 aliphatic carbocycles. The van der Waals surface area contributed by atoms with E-state index in [1.165, 1.54) is 27.5 Å². The Bertz CT molecular complexity index is 1720. The Hall–Kier alpha value is -4.68. The van der Waals surface area contributed by atoms with Crippen LogP contribution < -0.4 is 0 Å². The van der Waals surface area contributed by atoms with Crippen LogP contribution in [0.4, 0.5) is 0 Å². The van der Waals surface area contributed by atoms with Gasteiger partial charge in [-0.05, 0) is 65.6 Å². The zero-order valence-electron chi connectivity index (χ0n) is 18.7. The summed E-state index contributed by atoms with van der Waals surface area (Å²) in [5.74, 6) is 0. The fraction of sp³-hybridized carbons (Fsp3) is 0.0323. The minimum Gasteiger partial charge on any atom is -0.309 e. The summed E-state index contributed by atoms with van der Waals surface area (Å²) in [4.78, 5) is 4.15. The molecule has 2 heterocycles. The molecule has 0 spiro atoms. The molecule has 0 fully saturated rings. The second-order valence-electron chi connectivity index (χ2n) is 8.49. The molecule has 6 aromatic rings. The molecule has 2 aromatic heterocycles. The van der Waals surface area contributed by atoms with Gasteiger partial charge in [-0.2, -0.15) is 5.26 Å². The van der Waals surface area contributed by atoms with E-state index in [1.54, 1.807) is 12.4 Å². The van der Waals surface area contributed by atoms with Crippen molar-refractivity contribution in [2.45, 2.75) is 6.92 Å². The maximum atomic E-state index is 9.85. The number of pyridine rings is 1. The van der Waals surface area contributed by atoms with E-state index in [0.717, 1.165) is 27.8 Å². The van der Waals surface area contributed by atoms with Crippen LogP contribution in [0.3, 0.4) is 0 Å². The van der Waals surface area contributed by atoms with Crippen molar-refractivity contribution in [2.24, 2.45) is 0 Å². The van der Waals surface area contributed by atoms with Gasteiger partial charge >= 0.3 is 0 Å². The summed E-state index contributed by atoms with van der Waals surface area (Å²) in [6.45, 7) is 2.15. The van der Waals surface area contributed by atoms with Crippen molar-refractivity contribution in [2.75, 3.05) is 0 Å². The van der Waals surface area contributed by atoms with E-state index in [1.807, 2.05) is 24.3 Å². The molecule has 0 atom stereocenters. The second-order valence-corrected chi connectivity index (χ2v) is 8.49. The zero-order chi connectivity index (χ0) is 23.1. The van der Waals surface area contributed by atoms with Crippen molar-refractivity contribution >= 4 is 21.8 Å². The SMILES string of the molecule is Cc1ccccc1-c1cccc2c3ccccc3n(-c3cc(C#N)cc(-c4ccncc4)c3)c12. The quantitative estimate of drug-likeness (QED) is 0.286. The predicted molar refractivity (Wildman–Crippen MR) is 139 cm³/mol. The predicted octanol–water partition coefficient (Wildman–Crippen LogP) is 7.69. The van der Waals surface area contributed by atoms with Crippen LogP contribution in [0.15, 0.2) is 109 Å². The Balaban J connectivity index is 1.75. The molecule has 0 aliphatic heterocycles. The van der Waals surface area contributed by atoms with Gasteiger partial charge in [-0.3, -0.25) is 4.98 Å². The van der Waals surface area contributed by atoms with Crippen LogP contribution >= 0.6 is 0 Å². The molecule has 0 saturated heterocycles. The van der Waals surface area contributed by atoms with E-state index in [4.69, 9.17) is 0 Å². The average Bonchev–Trinajstić information content (AvgIpc) is 3.24. The normalized spacial score (nSPS) is 11.1. The fourth-order valence-electron chi connectivity index (χ4n) is 4.90. The molecular weight excluding hydrogens is 414 g/mol. The highest BCUT2D eigenvalue weighted by Crippen LogP contribution is 2.39. The summed E-state index contributed by atoms with van der Waals surface area (Å²) in [6.07, 6.45) is 3.57. The Kier molecular flexibility index (Phi) is 4.71. The smallest absolute Gasteiger partial charge is 0.0992 e. The van der Waals surface area contributed by atoms with Gasteiger partial charge in [-0.25, -0.2) is 0 Å². The largest absolute Gasteiger partial charge is 0.309 e. The number of benzene rings is 4. The molecule has 0 aliphatic rings. The van der Waals surface area contributed by atoms with Crippen LogP contribution in [0.25, 0.3) is 49.7 Å². The van der Waals surface area contributed by atoms with E-state index in [-0.39, 0.29) is 0 Å². The van der Waals surface area contributed by atoms with Crippen molar-refractivity contribution in [1.82, 2.24) is 9.55 Å². The van der Waals surface area contributed by atoms with E-state index in [0.29, 0.717) is 5.56 Å². The maximum Gasteiger partial charge on any atom is 0.0992 e. The molecule has 0 bridgehead atoms. The van der Waals surface area contributed by atoms with Crippen molar-refractivity contribution in [3.05, 3.63) is 121 Å². The first kappa shape index (κ1) is 20.0. The van der Waals surface area contributed by atoms with E-state index in [9.17, 15) is 5.26 Å². The summed E-state index contributed by atoms with van der Waals surface area (Å²) in [6, 6.07) is 35.9. The van der Waals surface area contributed by atoms with E-state index in [2.05, 4.69) is 95.3 Å². The lowest BCUT2D eigenvalue weighted by Gasteiger charge is -2.14. The number of hydrogen-bond donors (Lipinski definition) is 0. The summed E-state index contributed by atoms with van der Waals surface area (Å²) in [5.41, 5.74) is 9.52. The van der Waals surface area contributed by atoms with Crippen molar-refractivity contribution in [3.8, 4) is 34.0 Å². The van der Waals surface area contributed by atoms with Gasteiger partial charge in [0.15, 0.2) is 0 Å². The molecule has 0 N–H and O–H groups in total.